The summed E-state index contributed by atoms with van der Waals surface area (Å²) in [5, 5.41) is 17.0. The van der Waals surface area contributed by atoms with Gasteiger partial charge >= 0.3 is 5.97 Å². The number of hydrogen-bond donors (Lipinski definition) is 1. The van der Waals surface area contributed by atoms with Crippen molar-refractivity contribution < 1.29 is 19.4 Å². The molecule has 0 bridgehead atoms. The fourth-order valence-corrected chi connectivity index (χ4v) is 6.52. The Balaban J connectivity index is 1.25. The smallest absolute Gasteiger partial charge is 0.309 e. The van der Waals surface area contributed by atoms with E-state index in [4.69, 9.17) is 9.47 Å². The van der Waals surface area contributed by atoms with Gasteiger partial charge in [-0.25, -0.2) is 9.67 Å². The third kappa shape index (κ3) is 6.32. The lowest BCUT2D eigenvalue weighted by Gasteiger charge is -2.27. The number of carboxylic acids is 1. The van der Waals surface area contributed by atoms with Crippen LogP contribution in [-0.4, -0.2) is 37.5 Å². The molecule has 0 radical (unpaired) electrons. The zero-order chi connectivity index (χ0) is 32.5. The number of aliphatic carboxylic acids is 1. The number of fused-ring (bicyclic) bond motifs is 2. The van der Waals surface area contributed by atoms with Crippen molar-refractivity contribution in [3.8, 4) is 22.8 Å². The lowest BCUT2D eigenvalue weighted by molar-refractivity contribution is -0.146. The maximum absolute atomic E-state index is 12.4. The van der Waals surface area contributed by atoms with E-state index < -0.39 is 11.4 Å². The summed E-state index contributed by atoms with van der Waals surface area (Å²) < 4.78 is 15.7. The number of hydrogen-bond acceptors (Lipinski definition) is 5. The highest BCUT2D eigenvalue weighted by Crippen LogP contribution is 2.39. The van der Waals surface area contributed by atoms with Gasteiger partial charge in [0.05, 0.1) is 18.0 Å². The molecule has 8 heteroatoms. The molecule has 1 saturated carbocycles. The standard InChI is InChI=1S/C39H40N4O4/c1-39(2,38(44)45)21-36-32(19-26-7-6-8-26)33-20-31(47-25-42-24-30-9-4-5-10-34(30)41-42)16-17-35(33)43(36)23-27-11-13-28(14-12-27)29-15-18-37(46-3)40-22-29/h4-5,9-18,20,22,24,26H,6-8,19,21,23,25H2,1-3H3,(H,44,45). The lowest BCUT2D eigenvalue weighted by Crippen LogP contribution is -2.28. The molecule has 3 aromatic heterocycles. The molecule has 8 nitrogen and oxygen atoms in total. The van der Waals surface area contributed by atoms with Crippen molar-refractivity contribution in [3.05, 3.63) is 108 Å². The number of carboxylic acid groups (broad SMARTS) is 1. The topological polar surface area (TPSA) is 91.4 Å². The Labute approximate surface area is 274 Å². The molecule has 0 amide bonds. The molecule has 1 fully saturated rings. The monoisotopic (exact) mass is 628 g/mol. The SMILES string of the molecule is COc1ccc(-c2ccc(Cn3c(CC(C)(C)C(=O)O)c(CC4CCC4)c4cc(OCn5cc6ccccc6n5)ccc43)cc2)cn1. The summed E-state index contributed by atoms with van der Waals surface area (Å²) in [5.74, 6) is 1.17. The number of rotatable bonds is 12. The quantitative estimate of drug-likeness (QED) is 0.147. The first-order valence-electron chi connectivity index (χ1n) is 16.3. The maximum atomic E-state index is 12.4. The summed E-state index contributed by atoms with van der Waals surface area (Å²) in [6.07, 6.45) is 8.85. The van der Waals surface area contributed by atoms with E-state index in [9.17, 15) is 9.90 Å². The van der Waals surface area contributed by atoms with E-state index in [1.165, 1.54) is 24.8 Å². The summed E-state index contributed by atoms with van der Waals surface area (Å²) in [6, 6.07) is 26.7. The second-order valence-corrected chi connectivity index (χ2v) is 13.3. The Kier molecular flexibility index (Phi) is 8.18. The van der Waals surface area contributed by atoms with E-state index >= 15 is 0 Å². The Morgan fingerprint density at radius 2 is 1.79 bits per heavy atom. The van der Waals surface area contributed by atoms with Gasteiger partial charge in [0.25, 0.3) is 0 Å². The number of carbonyl (C=O) groups is 1. The summed E-state index contributed by atoms with van der Waals surface area (Å²) in [6.45, 7) is 4.58. The molecule has 47 heavy (non-hydrogen) atoms. The number of pyridine rings is 1. The van der Waals surface area contributed by atoms with Crippen LogP contribution < -0.4 is 9.47 Å². The molecule has 240 valence electrons. The second-order valence-electron chi connectivity index (χ2n) is 13.3. The normalized spacial score (nSPS) is 13.6. The van der Waals surface area contributed by atoms with Crippen LogP contribution in [0.2, 0.25) is 0 Å². The molecule has 0 spiro atoms. The highest BCUT2D eigenvalue weighted by atomic mass is 16.5. The van der Waals surface area contributed by atoms with E-state index in [2.05, 4.69) is 51.0 Å². The number of methoxy groups -OCH3 is 1. The third-order valence-corrected chi connectivity index (χ3v) is 9.56. The summed E-state index contributed by atoms with van der Waals surface area (Å²) in [4.78, 5) is 16.8. The van der Waals surface area contributed by atoms with Crippen LogP contribution in [0.15, 0.2) is 91.3 Å². The minimum absolute atomic E-state index is 0.299. The largest absolute Gasteiger partial charge is 0.481 e. The zero-order valence-electron chi connectivity index (χ0n) is 27.1. The molecule has 7 rings (SSSR count). The number of nitrogens with zero attached hydrogens (tertiary/aromatic N) is 4. The minimum atomic E-state index is -0.923. The van der Waals surface area contributed by atoms with Crippen LogP contribution in [0, 0.1) is 11.3 Å². The Bertz CT molecular complexity index is 2000. The molecule has 1 N–H and O–H groups in total. The molecular weight excluding hydrogens is 588 g/mol. The van der Waals surface area contributed by atoms with E-state index in [1.807, 2.05) is 73.4 Å². The van der Waals surface area contributed by atoms with Gasteiger partial charge in [0, 0.05) is 59.0 Å². The van der Waals surface area contributed by atoms with Crippen LogP contribution in [0.5, 0.6) is 11.6 Å². The average molecular weight is 629 g/mol. The predicted molar refractivity (Wildman–Crippen MR) is 184 cm³/mol. The lowest BCUT2D eigenvalue weighted by atomic mass is 9.79. The van der Waals surface area contributed by atoms with Crippen molar-refractivity contribution in [2.75, 3.05) is 7.11 Å². The molecule has 3 aromatic carbocycles. The third-order valence-electron chi connectivity index (χ3n) is 9.56. The van der Waals surface area contributed by atoms with E-state index in [-0.39, 0.29) is 0 Å². The summed E-state index contributed by atoms with van der Waals surface area (Å²) in [7, 11) is 1.61. The molecule has 0 atom stereocenters. The van der Waals surface area contributed by atoms with E-state index in [0.717, 1.165) is 56.4 Å². The van der Waals surface area contributed by atoms with Crippen molar-refractivity contribution in [1.29, 1.82) is 0 Å². The zero-order valence-corrected chi connectivity index (χ0v) is 27.1. The fourth-order valence-electron chi connectivity index (χ4n) is 6.52. The van der Waals surface area contributed by atoms with Gasteiger partial charge < -0.3 is 19.1 Å². The van der Waals surface area contributed by atoms with E-state index in [1.54, 1.807) is 7.11 Å². The van der Waals surface area contributed by atoms with Crippen molar-refractivity contribution in [2.24, 2.45) is 11.3 Å². The molecule has 3 heterocycles. The minimum Gasteiger partial charge on any atom is -0.481 e. The van der Waals surface area contributed by atoms with Crippen molar-refractivity contribution >= 4 is 27.8 Å². The summed E-state index contributed by atoms with van der Waals surface area (Å²) >= 11 is 0. The van der Waals surface area contributed by atoms with Crippen LogP contribution in [-0.2, 0) is 30.9 Å². The first-order chi connectivity index (χ1) is 22.8. The van der Waals surface area contributed by atoms with Crippen molar-refractivity contribution in [3.63, 3.8) is 0 Å². The average Bonchev–Trinajstić information content (AvgIpc) is 3.60. The van der Waals surface area contributed by atoms with Crippen LogP contribution in [0.1, 0.15) is 49.9 Å². The molecule has 1 aliphatic carbocycles. The highest BCUT2D eigenvalue weighted by Gasteiger charge is 2.32. The first-order valence-corrected chi connectivity index (χ1v) is 16.3. The second kappa shape index (κ2) is 12.6. The van der Waals surface area contributed by atoms with Gasteiger partial charge in [-0.15, -0.1) is 0 Å². The molecule has 0 unspecified atom stereocenters. The van der Waals surface area contributed by atoms with Crippen LogP contribution in [0.25, 0.3) is 32.9 Å². The van der Waals surface area contributed by atoms with Gasteiger partial charge in [0.1, 0.15) is 5.75 Å². The van der Waals surface area contributed by atoms with Gasteiger partial charge in [-0.3, -0.25) is 4.79 Å². The number of aromatic nitrogens is 4. The molecule has 0 aliphatic heterocycles. The van der Waals surface area contributed by atoms with Gasteiger partial charge in [0.2, 0.25) is 5.88 Å². The molecule has 6 aromatic rings. The fraction of sp³-hybridized carbons (Fsp3) is 0.308. The molecule has 1 aliphatic rings. The van der Waals surface area contributed by atoms with Crippen LogP contribution in [0.3, 0.4) is 0 Å². The van der Waals surface area contributed by atoms with Crippen LogP contribution in [0.4, 0.5) is 0 Å². The summed E-state index contributed by atoms with van der Waals surface area (Å²) in [5.41, 5.74) is 6.68. The Morgan fingerprint density at radius 3 is 2.47 bits per heavy atom. The van der Waals surface area contributed by atoms with Gasteiger partial charge in [-0.1, -0.05) is 61.7 Å². The van der Waals surface area contributed by atoms with Gasteiger partial charge in [0.15, 0.2) is 6.73 Å². The Hall–Kier alpha value is -5.11. The molecular formula is C39H40N4O4. The van der Waals surface area contributed by atoms with Gasteiger partial charge in [-0.2, -0.15) is 5.10 Å². The highest BCUT2D eigenvalue weighted by molar-refractivity contribution is 5.88. The molecule has 0 saturated heterocycles. The first kappa shape index (κ1) is 30.5. The maximum Gasteiger partial charge on any atom is 0.309 e. The van der Waals surface area contributed by atoms with E-state index in [0.29, 0.717) is 31.5 Å². The predicted octanol–water partition coefficient (Wildman–Crippen LogP) is 8.14. The van der Waals surface area contributed by atoms with Gasteiger partial charge in [-0.05, 0) is 73.2 Å². The van der Waals surface area contributed by atoms with Crippen molar-refractivity contribution in [1.82, 2.24) is 19.3 Å². The Morgan fingerprint density at radius 1 is 1.00 bits per heavy atom. The van der Waals surface area contributed by atoms with Crippen molar-refractivity contribution in [2.45, 2.75) is 59.2 Å². The van der Waals surface area contributed by atoms with Crippen LogP contribution >= 0.6 is 0 Å². The number of ether oxygens (including phenoxy) is 2. The number of benzene rings is 3.